The molecule has 1 heterocycles. The summed E-state index contributed by atoms with van der Waals surface area (Å²) in [5, 5.41) is 22.1. The van der Waals surface area contributed by atoms with Crippen molar-refractivity contribution in [2.75, 3.05) is 6.54 Å². The van der Waals surface area contributed by atoms with Crippen LogP contribution in [0.2, 0.25) is 0 Å². The summed E-state index contributed by atoms with van der Waals surface area (Å²) < 4.78 is 0. The van der Waals surface area contributed by atoms with Crippen LogP contribution in [0, 0.1) is 11.3 Å². The Kier molecular flexibility index (Phi) is 4.53. The highest BCUT2D eigenvalue weighted by Crippen LogP contribution is 2.26. The van der Waals surface area contributed by atoms with Gasteiger partial charge in [-0.2, -0.15) is 5.26 Å². The highest BCUT2D eigenvalue weighted by atomic mass is 32.1. The first-order valence-electron chi connectivity index (χ1n) is 6.21. The van der Waals surface area contributed by atoms with E-state index in [1.165, 1.54) is 16.7 Å². The molecule has 1 aromatic heterocycles. The van der Waals surface area contributed by atoms with Crippen molar-refractivity contribution in [1.29, 1.82) is 5.26 Å². The monoisotopic (exact) mass is 294 g/mol. The van der Waals surface area contributed by atoms with Crippen LogP contribution in [0.1, 0.15) is 34.8 Å². The third-order valence-electron chi connectivity index (χ3n) is 2.87. The summed E-state index contributed by atoms with van der Waals surface area (Å²) in [4.78, 5) is 28.3. The number of carbonyl (C=O) groups excluding carboxylic acids is 1. The molecule has 0 saturated heterocycles. The fraction of sp³-hybridized carbons (Fsp3) is 0.500. The largest absolute Gasteiger partial charge is 0.476 e. The fourth-order valence-electron chi connectivity index (χ4n) is 1.75. The quantitative estimate of drug-likeness (QED) is 0.825. The van der Waals surface area contributed by atoms with E-state index in [-0.39, 0.29) is 24.3 Å². The van der Waals surface area contributed by atoms with Gasteiger partial charge in [-0.1, -0.05) is 0 Å². The Balaban J connectivity index is 1.86. The number of carbonyl (C=O) groups is 2. The Hall–Kier alpha value is -2.14. The molecule has 2 N–H and O–H groups in total. The van der Waals surface area contributed by atoms with Gasteiger partial charge in [-0.05, 0) is 12.8 Å². The van der Waals surface area contributed by atoms with E-state index in [1.54, 1.807) is 4.90 Å². The molecule has 106 valence electrons. The number of carboxylic acids is 1. The lowest BCUT2D eigenvalue weighted by Crippen LogP contribution is -2.41. The van der Waals surface area contributed by atoms with Gasteiger partial charge in [0, 0.05) is 18.0 Å². The fourth-order valence-corrected chi connectivity index (χ4v) is 2.46. The third kappa shape index (κ3) is 3.68. The molecule has 1 aliphatic carbocycles. The third-order valence-corrected chi connectivity index (χ3v) is 3.72. The van der Waals surface area contributed by atoms with Crippen molar-refractivity contribution in [3.8, 4) is 6.07 Å². The second-order valence-electron chi connectivity index (χ2n) is 4.42. The lowest BCUT2D eigenvalue weighted by molar-refractivity contribution is 0.0691. The maximum absolute atomic E-state index is 12.0. The second kappa shape index (κ2) is 6.34. The average Bonchev–Trinajstić information content (AvgIpc) is 3.14. The van der Waals surface area contributed by atoms with Gasteiger partial charge in [-0.15, -0.1) is 11.3 Å². The number of nitriles is 1. The number of nitrogens with one attached hydrogen (secondary N) is 1. The van der Waals surface area contributed by atoms with Crippen LogP contribution in [0.15, 0.2) is 5.38 Å². The van der Waals surface area contributed by atoms with Crippen molar-refractivity contribution in [2.45, 2.75) is 31.8 Å². The summed E-state index contributed by atoms with van der Waals surface area (Å²) in [5.74, 6) is -1.08. The number of aromatic nitrogens is 1. The Bertz CT molecular complexity index is 547. The minimum atomic E-state index is -1.08. The number of hydrogen-bond donors (Lipinski definition) is 2. The molecular weight excluding hydrogens is 280 g/mol. The highest BCUT2D eigenvalue weighted by molar-refractivity contribution is 7.09. The van der Waals surface area contributed by atoms with E-state index in [0.29, 0.717) is 18.0 Å². The molecule has 2 amide bonds. The highest BCUT2D eigenvalue weighted by Gasteiger charge is 2.32. The smallest absolute Gasteiger partial charge is 0.355 e. The number of nitrogens with zero attached hydrogens (tertiary/aromatic N) is 3. The Morgan fingerprint density at radius 2 is 2.35 bits per heavy atom. The minimum Gasteiger partial charge on any atom is -0.476 e. The summed E-state index contributed by atoms with van der Waals surface area (Å²) >= 11 is 1.20. The van der Waals surface area contributed by atoms with E-state index in [2.05, 4.69) is 10.3 Å². The predicted octanol–water partition coefficient (Wildman–Crippen LogP) is 1.43. The van der Waals surface area contributed by atoms with Crippen LogP contribution in [0.5, 0.6) is 0 Å². The minimum absolute atomic E-state index is 0.0113. The number of thiazole rings is 1. The number of aromatic carboxylic acids is 1. The van der Waals surface area contributed by atoms with Crippen molar-refractivity contribution < 1.29 is 14.7 Å². The molecule has 1 aliphatic rings. The summed E-state index contributed by atoms with van der Waals surface area (Å²) in [6.45, 7) is 0.623. The van der Waals surface area contributed by atoms with E-state index in [9.17, 15) is 9.59 Å². The Labute approximate surface area is 119 Å². The van der Waals surface area contributed by atoms with Crippen LogP contribution < -0.4 is 5.32 Å². The van der Waals surface area contributed by atoms with Crippen LogP contribution in [-0.4, -0.2) is 39.6 Å². The molecule has 1 saturated carbocycles. The average molecular weight is 294 g/mol. The lowest BCUT2D eigenvalue weighted by Gasteiger charge is -2.21. The van der Waals surface area contributed by atoms with Crippen LogP contribution >= 0.6 is 11.3 Å². The van der Waals surface area contributed by atoms with Gasteiger partial charge in [-0.3, -0.25) is 0 Å². The molecule has 0 aromatic carbocycles. The van der Waals surface area contributed by atoms with Crippen LogP contribution in [0.3, 0.4) is 0 Å². The topological polar surface area (TPSA) is 106 Å². The van der Waals surface area contributed by atoms with E-state index >= 15 is 0 Å². The molecular formula is C12H14N4O3S. The molecule has 0 unspecified atom stereocenters. The zero-order valence-electron chi connectivity index (χ0n) is 10.7. The van der Waals surface area contributed by atoms with Gasteiger partial charge in [0.05, 0.1) is 19.0 Å². The van der Waals surface area contributed by atoms with Crippen molar-refractivity contribution in [3.05, 3.63) is 16.1 Å². The van der Waals surface area contributed by atoms with Gasteiger partial charge in [0.1, 0.15) is 5.01 Å². The standard InChI is InChI=1S/C12H14N4O3S/c13-4-1-5-16(8-2-3-8)12(19)14-6-10-15-9(7-20-10)11(17)18/h7-8H,1-3,5-6H2,(H,14,19)(H,17,18). The van der Waals surface area contributed by atoms with Gasteiger partial charge < -0.3 is 15.3 Å². The second-order valence-corrected chi connectivity index (χ2v) is 5.37. The Morgan fingerprint density at radius 1 is 1.60 bits per heavy atom. The predicted molar refractivity (Wildman–Crippen MR) is 71.3 cm³/mol. The van der Waals surface area contributed by atoms with E-state index in [1.807, 2.05) is 6.07 Å². The number of amides is 2. The van der Waals surface area contributed by atoms with Gasteiger partial charge in [0.15, 0.2) is 5.69 Å². The number of urea groups is 1. The first-order chi connectivity index (χ1) is 9.61. The molecule has 1 aromatic rings. The van der Waals surface area contributed by atoms with Crippen LogP contribution in [0.25, 0.3) is 0 Å². The molecule has 20 heavy (non-hydrogen) atoms. The molecule has 0 radical (unpaired) electrons. The lowest BCUT2D eigenvalue weighted by atomic mass is 10.4. The first kappa shape index (κ1) is 14.3. The van der Waals surface area contributed by atoms with Crippen molar-refractivity contribution in [3.63, 3.8) is 0 Å². The summed E-state index contributed by atoms with van der Waals surface area (Å²) in [5.41, 5.74) is -0.0113. The first-order valence-corrected chi connectivity index (χ1v) is 7.09. The molecule has 8 heteroatoms. The molecule has 2 rings (SSSR count). The molecule has 0 aliphatic heterocycles. The van der Waals surface area contributed by atoms with E-state index in [0.717, 1.165) is 12.8 Å². The van der Waals surface area contributed by atoms with Crippen molar-refractivity contribution in [2.24, 2.45) is 0 Å². The summed E-state index contributed by atoms with van der Waals surface area (Å²) in [6, 6.07) is 2.03. The molecule has 0 spiro atoms. The SMILES string of the molecule is N#CCCN(C(=O)NCc1nc(C(=O)O)cs1)C1CC1. The normalized spacial score (nSPS) is 13.6. The summed E-state index contributed by atoms with van der Waals surface area (Å²) in [7, 11) is 0. The number of hydrogen-bond acceptors (Lipinski definition) is 5. The van der Waals surface area contributed by atoms with E-state index in [4.69, 9.17) is 10.4 Å². The van der Waals surface area contributed by atoms with Gasteiger partial charge in [0.2, 0.25) is 0 Å². The van der Waals surface area contributed by atoms with Gasteiger partial charge >= 0.3 is 12.0 Å². The van der Waals surface area contributed by atoms with Gasteiger partial charge in [-0.25, -0.2) is 14.6 Å². The molecule has 1 fully saturated rings. The number of carboxylic acid groups (broad SMARTS) is 1. The van der Waals surface area contributed by atoms with Crippen molar-refractivity contribution >= 4 is 23.3 Å². The van der Waals surface area contributed by atoms with E-state index < -0.39 is 5.97 Å². The Morgan fingerprint density at radius 3 is 2.90 bits per heavy atom. The van der Waals surface area contributed by atoms with Crippen molar-refractivity contribution in [1.82, 2.24) is 15.2 Å². The number of rotatable bonds is 6. The maximum atomic E-state index is 12.0. The van der Waals surface area contributed by atoms with Gasteiger partial charge in [0.25, 0.3) is 0 Å². The zero-order chi connectivity index (χ0) is 14.5. The zero-order valence-corrected chi connectivity index (χ0v) is 11.5. The maximum Gasteiger partial charge on any atom is 0.355 e. The molecule has 0 bridgehead atoms. The molecule has 7 nitrogen and oxygen atoms in total. The van der Waals surface area contributed by atoms with Crippen LogP contribution in [-0.2, 0) is 6.54 Å². The summed E-state index contributed by atoms with van der Waals surface area (Å²) in [6.07, 6.45) is 2.25. The molecule has 0 atom stereocenters. The van der Waals surface area contributed by atoms with Crippen LogP contribution in [0.4, 0.5) is 4.79 Å².